The molecule has 3 heteroatoms. The summed E-state index contributed by atoms with van der Waals surface area (Å²) in [6.45, 7) is 6.27. The zero-order valence-electron chi connectivity index (χ0n) is 12.0. The van der Waals surface area contributed by atoms with Crippen molar-refractivity contribution in [2.45, 2.75) is 38.5 Å². The van der Waals surface area contributed by atoms with Gasteiger partial charge in [0.1, 0.15) is 0 Å². The van der Waals surface area contributed by atoms with Crippen molar-refractivity contribution in [1.82, 2.24) is 15.2 Å². The fraction of sp³-hybridized carbons (Fsp3) is 0.688. The third kappa shape index (κ3) is 6.17. The molecule has 0 radical (unpaired) electrons. The highest BCUT2D eigenvalue weighted by Gasteiger charge is 2.09. The van der Waals surface area contributed by atoms with Gasteiger partial charge in [-0.25, -0.2) is 0 Å². The molecule has 0 unspecified atom stereocenters. The maximum Gasteiger partial charge on any atom is 0.0270 e. The molecule has 0 atom stereocenters. The van der Waals surface area contributed by atoms with Crippen LogP contribution in [0.5, 0.6) is 0 Å². The van der Waals surface area contributed by atoms with E-state index in [-0.39, 0.29) is 0 Å². The smallest absolute Gasteiger partial charge is 0.0270 e. The molecule has 0 bridgehead atoms. The van der Waals surface area contributed by atoms with Crippen LogP contribution in [0.2, 0.25) is 0 Å². The third-order valence-corrected chi connectivity index (χ3v) is 3.84. The molecule has 3 nitrogen and oxygen atoms in total. The first kappa shape index (κ1) is 14.5. The second kappa shape index (κ2) is 9.05. The van der Waals surface area contributed by atoms with E-state index in [1.807, 2.05) is 12.4 Å². The van der Waals surface area contributed by atoms with Gasteiger partial charge in [0, 0.05) is 12.4 Å². The minimum atomic E-state index is 1.13. The molecule has 0 aliphatic carbocycles. The minimum absolute atomic E-state index is 1.13. The molecular formula is C16H27N3. The Balaban J connectivity index is 1.38. The van der Waals surface area contributed by atoms with Gasteiger partial charge in [-0.1, -0.05) is 0 Å². The number of hydrogen-bond donors (Lipinski definition) is 1. The Morgan fingerprint density at radius 1 is 1.00 bits per heavy atom. The zero-order chi connectivity index (χ0) is 13.2. The van der Waals surface area contributed by atoms with E-state index in [0.717, 1.165) is 13.0 Å². The highest BCUT2D eigenvalue weighted by molar-refractivity contribution is 5.09. The normalized spacial score (nSPS) is 16.0. The maximum absolute atomic E-state index is 4.04. The van der Waals surface area contributed by atoms with Gasteiger partial charge in [-0.15, -0.1) is 0 Å². The summed E-state index contributed by atoms with van der Waals surface area (Å²) >= 11 is 0. The SMILES string of the molecule is c1cc(CCCNCCCCN2CCCC2)ccn1. The molecular weight excluding hydrogens is 234 g/mol. The predicted molar refractivity (Wildman–Crippen MR) is 80.3 cm³/mol. The zero-order valence-corrected chi connectivity index (χ0v) is 12.0. The van der Waals surface area contributed by atoms with Crippen LogP contribution in [0.25, 0.3) is 0 Å². The lowest BCUT2D eigenvalue weighted by molar-refractivity contribution is 0.329. The largest absolute Gasteiger partial charge is 0.317 e. The molecule has 1 aromatic heterocycles. The average Bonchev–Trinajstić information content (AvgIpc) is 2.96. The second-order valence-corrected chi connectivity index (χ2v) is 5.46. The van der Waals surface area contributed by atoms with Gasteiger partial charge in [0.25, 0.3) is 0 Å². The van der Waals surface area contributed by atoms with E-state index in [2.05, 4.69) is 27.3 Å². The molecule has 0 aromatic carbocycles. The molecule has 19 heavy (non-hydrogen) atoms. The molecule has 106 valence electrons. The first-order valence-electron chi connectivity index (χ1n) is 7.77. The molecule has 2 rings (SSSR count). The van der Waals surface area contributed by atoms with Crippen LogP contribution in [0.15, 0.2) is 24.5 Å². The van der Waals surface area contributed by atoms with Gasteiger partial charge in [-0.05, 0) is 88.9 Å². The summed E-state index contributed by atoms with van der Waals surface area (Å²) in [4.78, 5) is 6.64. The Morgan fingerprint density at radius 3 is 2.53 bits per heavy atom. The molecule has 1 aromatic rings. The molecule has 1 aliphatic rings. The Bertz CT molecular complexity index is 320. The fourth-order valence-corrected chi connectivity index (χ4v) is 2.68. The van der Waals surface area contributed by atoms with Crippen molar-refractivity contribution in [1.29, 1.82) is 0 Å². The predicted octanol–water partition coefficient (Wildman–Crippen LogP) is 2.48. The molecule has 1 aliphatic heterocycles. The molecule has 0 saturated carbocycles. The summed E-state index contributed by atoms with van der Waals surface area (Å²) in [7, 11) is 0. The monoisotopic (exact) mass is 261 g/mol. The summed E-state index contributed by atoms with van der Waals surface area (Å²) in [6.07, 6.45) is 11.6. The van der Waals surface area contributed by atoms with Gasteiger partial charge in [0.05, 0.1) is 0 Å². The van der Waals surface area contributed by atoms with Gasteiger partial charge in [-0.3, -0.25) is 4.98 Å². The molecule has 1 fully saturated rings. The Labute approximate surface area is 117 Å². The molecule has 1 saturated heterocycles. The van der Waals surface area contributed by atoms with Crippen LogP contribution in [0.1, 0.15) is 37.7 Å². The van der Waals surface area contributed by atoms with Crippen molar-refractivity contribution in [2.24, 2.45) is 0 Å². The highest BCUT2D eigenvalue weighted by atomic mass is 15.1. The highest BCUT2D eigenvalue weighted by Crippen LogP contribution is 2.07. The number of likely N-dealkylation sites (tertiary alicyclic amines) is 1. The van der Waals surface area contributed by atoms with Crippen molar-refractivity contribution >= 4 is 0 Å². The van der Waals surface area contributed by atoms with Crippen molar-refractivity contribution in [3.8, 4) is 0 Å². The van der Waals surface area contributed by atoms with Gasteiger partial charge >= 0.3 is 0 Å². The molecule has 1 N–H and O–H groups in total. The van der Waals surface area contributed by atoms with Crippen LogP contribution in [0.4, 0.5) is 0 Å². The van der Waals surface area contributed by atoms with E-state index in [0.29, 0.717) is 0 Å². The first-order valence-corrected chi connectivity index (χ1v) is 7.77. The summed E-state index contributed by atoms with van der Waals surface area (Å²) < 4.78 is 0. The quantitative estimate of drug-likeness (QED) is 0.692. The minimum Gasteiger partial charge on any atom is -0.317 e. The third-order valence-electron chi connectivity index (χ3n) is 3.84. The average molecular weight is 261 g/mol. The van der Waals surface area contributed by atoms with E-state index in [1.165, 1.54) is 63.8 Å². The topological polar surface area (TPSA) is 28.2 Å². The first-order chi connectivity index (χ1) is 9.45. The Hall–Kier alpha value is -0.930. The van der Waals surface area contributed by atoms with Crippen molar-refractivity contribution < 1.29 is 0 Å². The maximum atomic E-state index is 4.04. The van der Waals surface area contributed by atoms with Crippen LogP contribution in [0.3, 0.4) is 0 Å². The summed E-state index contributed by atoms with van der Waals surface area (Å²) in [5, 5.41) is 3.55. The van der Waals surface area contributed by atoms with Crippen LogP contribution in [-0.4, -0.2) is 42.6 Å². The van der Waals surface area contributed by atoms with E-state index >= 15 is 0 Å². The summed E-state index contributed by atoms with van der Waals surface area (Å²) in [6, 6.07) is 4.21. The van der Waals surface area contributed by atoms with Crippen LogP contribution in [-0.2, 0) is 6.42 Å². The number of aryl methyl sites for hydroxylation is 1. The van der Waals surface area contributed by atoms with Crippen molar-refractivity contribution in [2.75, 3.05) is 32.7 Å². The van der Waals surface area contributed by atoms with Gasteiger partial charge < -0.3 is 10.2 Å². The lowest BCUT2D eigenvalue weighted by Gasteiger charge is -2.13. The number of unbranched alkanes of at least 4 members (excludes halogenated alkanes) is 1. The van der Waals surface area contributed by atoms with Gasteiger partial charge in [0.15, 0.2) is 0 Å². The summed E-state index contributed by atoms with van der Waals surface area (Å²) in [5.41, 5.74) is 1.39. The van der Waals surface area contributed by atoms with Gasteiger partial charge in [0.2, 0.25) is 0 Å². The van der Waals surface area contributed by atoms with E-state index < -0.39 is 0 Å². The number of pyridine rings is 1. The van der Waals surface area contributed by atoms with E-state index in [9.17, 15) is 0 Å². The lowest BCUT2D eigenvalue weighted by atomic mass is 10.1. The lowest BCUT2D eigenvalue weighted by Crippen LogP contribution is -2.22. The summed E-state index contributed by atoms with van der Waals surface area (Å²) in [5.74, 6) is 0. The fourth-order valence-electron chi connectivity index (χ4n) is 2.68. The number of nitrogens with one attached hydrogen (secondary N) is 1. The van der Waals surface area contributed by atoms with E-state index in [1.54, 1.807) is 0 Å². The van der Waals surface area contributed by atoms with Crippen LogP contribution in [0, 0.1) is 0 Å². The van der Waals surface area contributed by atoms with Crippen molar-refractivity contribution in [3.63, 3.8) is 0 Å². The number of aromatic nitrogens is 1. The molecule has 0 amide bonds. The second-order valence-electron chi connectivity index (χ2n) is 5.46. The van der Waals surface area contributed by atoms with Crippen LogP contribution >= 0.6 is 0 Å². The van der Waals surface area contributed by atoms with Crippen LogP contribution < -0.4 is 5.32 Å². The number of hydrogen-bond acceptors (Lipinski definition) is 3. The van der Waals surface area contributed by atoms with Crippen molar-refractivity contribution in [3.05, 3.63) is 30.1 Å². The number of nitrogens with zero attached hydrogens (tertiary/aromatic N) is 2. The molecule has 0 spiro atoms. The Morgan fingerprint density at radius 2 is 1.74 bits per heavy atom. The standard InChI is InChI=1S/C16H27N3/c1(2-13-19-14-3-4-15-19)9-17-10-5-6-16-7-11-18-12-8-16/h7-8,11-12,17H,1-6,9-10,13-15H2. The molecule has 2 heterocycles. The number of rotatable bonds is 9. The van der Waals surface area contributed by atoms with Gasteiger partial charge in [-0.2, -0.15) is 0 Å². The van der Waals surface area contributed by atoms with E-state index in [4.69, 9.17) is 0 Å². The Kier molecular flexibility index (Phi) is 6.90.